The molecule has 0 unspecified atom stereocenters. The van der Waals surface area contributed by atoms with Crippen molar-refractivity contribution in [1.82, 2.24) is 9.97 Å². The van der Waals surface area contributed by atoms with Crippen molar-refractivity contribution >= 4 is 29.0 Å². The van der Waals surface area contributed by atoms with Crippen molar-refractivity contribution in [2.24, 2.45) is 11.8 Å². The molecule has 0 amide bonds. The minimum absolute atomic E-state index is 0.152. The van der Waals surface area contributed by atoms with Crippen molar-refractivity contribution < 1.29 is 9.66 Å². The van der Waals surface area contributed by atoms with Crippen LogP contribution in [0, 0.1) is 22.0 Å². The monoisotopic (exact) mass is 372 g/mol. The number of hydrogen-bond donors (Lipinski definition) is 2. The number of ether oxygens (including phenoxy) is 1. The van der Waals surface area contributed by atoms with E-state index in [2.05, 4.69) is 29.1 Å². The first-order chi connectivity index (χ1) is 12.9. The van der Waals surface area contributed by atoms with Gasteiger partial charge in [-0.15, -0.1) is 0 Å². The molecule has 9 nitrogen and oxygen atoms in total. The summed E-state index contributed by atoms with van der Waals surface area (Å²) in [7, 11) is 1.58. The Labute approximate surface area is 157 Å². The molecule has 9 heteroatoms. The average Bonchev–Trinajstić information content (AvgIpc) is 2.60. The highest BCUT2D eigenvalue weighted by molar-refractivity contribution is 5.72. The van der Waals surface area contributed by atoms with Gasteiger partial charge in [-0.3, -0.25) is 10.1 Å². The molecule has 1 fully saturated rings. The van der Waals surface area contributed by atoms with Gasteiger partial charge in [0.25, 0.3) is 0 Å². The number of hydrogen-bond acceptors (Lipinski definition) is 8. The highest BCUT2D eigenvalue weighted by atomic mass is 16.6. The van der Waals surface area contributed by atoms with Crippen LogP contribution < -0.4 is 20.7 Å². The van der Waals surface area contributed by atoms with E-state index in [9.17, 15) is 10.1 Å². The number of nitrogens with zero attached hydrogens (tertiary/aromatic N) is 4. The second-order valence-electron chi connectivity index (χ2n) is 7.07. The fourth-order valence-electron chi connectivity index (χ4n) is 3.58. The molecule has 1 aliphatic heterocycles. The largest absolute Gasteiger partial charge is 0.497 e. The Bertz CT molecular complexity index is 834. The average molecular weight is 372 g/mol. The quantitative estimate of drug-likeness (QED) is 0.606. The van der Waals surface area contributed by atoms with Gasteiger partial charge in [0, 0.05) is 24.8 Å². The number of methoxy groups -OCH3 is 1. The molecular formula is C18H24N6O3. The highest BCUT2D eigenvalue weighted by Crippen LogP contribution is 2.36. The molecule has 2 atom stereocenters. The first kappa shape index (κ1) is 18.7. The summed E-state index contributed by atoms with van der Waals surface area (Å²) < 4.78 is 5.21. The van der Waals surface area contributed by atoms with Gasteiger partial charge in [0.05, 0.1) is 12.0 Å². The van der Waals surface area contributed by atoms with Crippen molar-refractivity contribution in [3.8, 4) is 5.75 Å². The summed E-state index contributed by atoms with van der Waals surface area (Å²) in [6.07, 6.45) is 1.08. The van der Waals surface area contributed by atoms with E-state index in [1.54, 1.807) is 13.2 Å². The third-order valence-corrected chi connectivity index (χ3v) is 4.57. The molecule has 0 saturated carbocycles. The van der Waals surface area contributed by atoms with Crippen molar-refractivity contribution in [3.05, 3.63) is 34.4 Å². The van der Waals surface area contributed by atoms with Crippen LogP contribution >= 0.6 is 0 Å². The third kappa shape index (κ3) is 4.18. The number of benzene rings is 1. The van der Waals surface area contributed by atoms with Crippen LogP contribution in [0.4, 0.5) is 29.0 Å². The predicted octanol–water partition coefficient (Wildman–Crippen LogP) is 3.20. The number of nitro groups is 1. The number of anilines is 4. The Morgan fingerprint density at radius 3 is 2.63 bits per heavy atom. The van der Waals surface area contributed by atoms with Crippen molar-refractivity contribution in [2.45, 2.75) is 20.3 Å². The van der Waals surface area contributed by atoms with Gasteiger partial charge >= 0.3 is 5.69 Å². The lowest BCUT2D eigenvalue weighted by molar-refractivity contribution is -0.383. The van der Waals surface area contributed by atoms with Crippen LogP contribution in [0.25, 0.3) is 0 Å². The molecule has 2 aromatic rings. The number of piperidine rings is 1. The minimum Gasteiger partial charge on any atom is -0.497 e. The van der Waals surface area contributed by atoms with Crippen molar-refractivity contribution in [3.63, 3.8) is 0 Å². The minimum atomic E-state index is -0.510. The fourth-order valence-corrected chi connectivity index (χ4v) is 3.58. The maximum atomic E-state index is 11.6. The Kier molecular flexibility index (Phi) is 5.29. The zero-order chi connectivity index (χ0) is 19.6. The number of aromatic nitrogens is 2. The lowest BCUT2D eigenvalue weighted by atomic mass is 9.92. The molecule has 144 valence electrons. The van der Waals surface area contributed by atoms with E-state index in [1.165, 1.54) is 0 Å². The zero-order valence-electron chi connectivity index (χ0n) is 15.7. The lowest BCUT2D eigenvalue weighted by Crippen LogP contribution is -2.39. The number of nitrogens with one attached hydrogen (secondary N) is 1. The molecule has 1 aromatic heterocycles. The first-order valence-electron chi connectivity index (χ1n) is 8.85. The standard InChI is InChI=1S/C18H24N6O3/c1-11-7-12(2)10-23(9-11)17-15(24(25)26)16(19)21-18(22-17)20-13-5-4-6-14(8-13)27-3/h4-6,8,11-12H,7,9-10H2,1-3H3,(H3,19,20,21,22)/t11-,12+. The van der Waals surface area contributed by atoms with E-state index >= 15 is 0 Å². The van der Waals surface area contributed by atoms with Gasteiger partial charge in [0.15, 0.2) is 0 Å². The van der Waals surface area contributed by atoms with Gasteiger partial charge in [-0.2, -0.15) is 9.97 Å². The molecule has 0 bridgehead atoms. The zero-order valence-corrected chi connectivity index (χ0v) is 15.7. The van der Waals surface area contributed by atoms with Crippen LogP contribution in [0.5, 0.6) is 5.75 Å². The molecule has 1 saturated heterocycles. The first-order valence-corrected chi connectivity index (χ1v) is 8.85. The molecule has 0 spiro atoms. The maximum Gasteiger partial charge on any atom is 0.353 e. The molecular weight excluding hydrogens is 348 g/mol. The molecule has 0 radical (unpaired) electrons. The predicted molar refractivity (Wildman–Crippen MR) is 105 cm³/mol. The number of nitrogens with two attached hydrogens (primary N) is 1. The molecule has 1 aliphatic rings. The van der Waals surface area contributed by atoms with Crippen LogP contribution in [-0.4, -0.2) is 35.1 Å². The van der Waals surface area contributed by atoms with Crippen LogP contribution in [0.1, 0.15) is 20.3 Å². The lowest BCUT2D eigenvalue weighted by Gasteiger charge is -2.35. The van der Waals surface area contributed by atoms with Crippen LogP contribution in [-0.2, 0) is 0 Å². The van der Waals surface area contributed by atoms with Gasteiger partial charge in [-0.1, -0.05) is 19.9 Å². The Balaban J connectivity index is 1.99. The van der Waals surface area contributed by atoms with Gasteiger partial charge in [-0.05, 0) is 30.4 Å². The maximum absolute atomic E-state index is 11.6. The molecule has 2 heterocycles. The SMILES string of the molecule is COc1cccc(Nc2nc(N)c([N+](=O)[O-])c(N3C[C@H](C)C[C@H](C)C3)n2)c1. The van der Waals surface area contributed by atoms with E-state index in [-0.39, 0.29) is 23.3 Å². The van der Waals surface area contributed by atoms with Gasteiger partial charge in [-0.25, -0.2) is 0 Å². The number of rotatable bonds is 5. The summed E-state index contributed by atoms with van der Waals surface area (Å²) in [4.78, 5) is 21.5. The second-order valence-corrected chi connectivity index (χ2v) is 7.07. The topological polar surface area (TPSA) is 119 Å². The third-order valence-electron chi connectivity index (χ3n) is 4.57. The fraction of sp³-hybridized carbons (Fsp3) is 0.444. The van der Waals surface area contributed by atoms with Gasteiger partial charge < -0.3 is 20.7 Å². The summed E-state index contributed by atoms with van der Waals surface area (Å²) in [6.45, 7) is 5.66. The van der Waals surface area contributed by atoms with E-state index in [0.717, 1.165) is 6.42 Å². The van der Waals surface area contributed by atoms with E-state index in [0.29, 0.717) is 36.4 Å². The molecule has 0 aliphatic carbocycles. The van der Waals surface area contributed by atoms with Crippen LogP contribution in [0.2, 0.25) is 0 Å². The summed E-state index contributed by atoms with van der Waals surface area (Å²) in [6, 6.07) is 7.25. The number of nitrogen functional groups attached to an aromatic ring is 1. The van der Waals surface area contributed by atoms with Crippen molar-refractivity contribution in [1.29, 1.82) is 0 Å². The molecule has 1 aromatic carbocycles. The smallest absolute Gasteiger partial charge is 0.353 e. The Hall–Kier alpha value is -3.10. The van der Waals surface area contributed by atoms with E-state index in [4.69, 9.17) is 10.5 Å². The van der Waals surface area contributed by atoms with E-state index < -0.39 is 4.92 Å². The van der Waals surface area contributed by atoms with Crippen LogP contribution in [0.15, 0.2) is 24.3 Å². The van der Waals surface area contributed by atoms with Crippen LogP contribution in [0.3, 0.4) is 0 Å². The highest BCUT2D eigenvalue weighted by Gasteiger charge is 2.31. The van der Waals surface area contributed by atoms with E-state index in [1.807, 2.05) is 23.1 Å². The summed E-state index contributed by atoms with van der Waals surface area (Å²) in [5, 5.41) is 14.6. The Morgan fingerprint density at radius 2 is 2.00 bits per heavy atom. The molecule has 3 N–H and O–H groups in total. The second kappa shape index (κ2) is 7.65. The Morgan fingerprint density at radius 1 is 1.30 bits per heavy atom. The molecule has 27 heavy (non-hydrogen) atoms. The van der Waals surface area contributed by atoms with Gasteiger partial charge in [0.2, 0.25) is 17.6 Å². The summed E-state index contributed by atoms with van der Waals surface area (Å²) >= 11 is 0. The summed E-state index contributed by atoms with van der Waals surface area (Å²) in [5.74, 6) is 1.83. The summed E-state index contributed by atoms with van der Waals surface area (Å²) in [5.41, 5.74) is 6.38. The van der Waals surface area contributed by atoms with Gasteiger partial charge in [0.1, 0.15) is 5.75 Å². The van der Waals surface area contributed by atoms with Crippen molar-refractivity contribution in [2.75, 3.05) is 36.1 Å². The normalized spacial score (nSPS) is 19.6. The molecule has 3 rings (SSSR count).